The van der Waals surface area contributed by atoms with Crippen molar-refractivity contribution in [3.63, 3.8) is 0 Å². The van der Waals surface area contributed by atoms with Gasteiger partial charge in [0.2, 0.25) is 0 Å². The number of rotatable bonds is 4. The van der Waals surface area contributed by atoms with Gasteiger partial charge < -0.3 is 5.73 Å². The van der Waals surface area contributed by atoms with E-state index >= 15 is 0 Å². The van der Waals surface area contributed by atoms with Crippen molar-refractivity contribution >= 4 is 33.8 Å². The molecule has 4 heteroatoms. The van der Waals surface area contributed by atoms with Gasteiger partial charge in [0.25, 0.3) is 0 Å². The van der Waals surface area contributed by atoms with E-state index in [4.69, 9.17) is 11.1 Å². The van der Waals surface area contributed by atoms with Crippen LogP contribution in [0.3, 0.4) is 0 Å². The number of hydrogen-bond acceptors (Lipinski definition) is 3. The van der Waals surface area contributed by atoms with Crippen LogP contribution in [0.25, 0.3) is 5.57 Å². The molecule has 22 heavy (non-hydrogen) atoms. The molecule has 1 unspecified atom stereocenters. The first kappa shape index (κ1) is 15.4. The number of allylic oxidation sites excluding steroid dienone is 1. The Bertz CT molecular complexity index is 673. The number of amidine groups is 1. The number of nitrogens with two attached hydrogens (primary N) is 1. The number of nitrogens with one attached hydrogen (secondary N) is 1. The first-order chi connectivity index (χ1) is 10.7. The van der Waals surface area contributed by atoms with Crippen LogP contribution in [0.15, 0.2) is 47.9 Å². The molecule has 0 amide bonds. The molecule has 1 atom stereocenters. The molecule has 3 N–H and O–H groups in total. The summed E-state index contributed by atoms with van der Waals surface area (Å²) in [5, 5.41) is 9.76. The normalized spacial score (nSPS) is 19.1. The van der Waals surface area contributed by atoms with Gasteiger partial charge in [0.1, 0.15) is 0 Å². The highest BCUT2D eigenvalue weighted by molar-refractivity contribution is 8.13. The molecular formula is C18H20N2S2. The van der Waals surface area contributed by atoms with Crippen molar-refractivity contribution in [1.82, 2.24) is 0 Å². The molecule has 0 aliphatic heterocycles. The number of thiophene rings is 1. The Morgan fingerprint density at radius 1 is 1.32 bits per heavy atom. The summed E-state index contributed by atoms with van der Waals surface area (Å²) in [5.41, 5.74) is 9.72. The molecular weight excluding hydrogens is 308 g/mol. The third-order valence-corrected chi connectivity index (χ3v) is 5.71. The zero-order valence-electron chi connectivity index (χ0n) is 12.4. The Balaban J connectivity index is 1.83. The smallest absolute Gasteiger partial charge is 0.151 e. The van der Waals surface area contributed by atoms with Gasteiger partial charge in [0.05, 0.1) is 0 Å². The minimum absolute atomic E-state index is 0.192. The van der Waals surface area contributed by atoms with Crippen molar-refractivity contribution in [2.45, 2.75) is 19.3 Å². The molecule has 0 radical (unpaired) electrons. The van der Waals surface area contributed by atoms with E-state index in [0.29, 0.717) is 5.92 Å². The Morgan fingerprint density at radius 2 is 2.14 bits per heavy atom. The van der Waals surface area contributed by atoms with Crippen LogP contribution >= 0.6 is 23.1 Å². The molecule has 0 spiro atoms. The molecule has 2 aromatic rings. The van der Waals surface area contributed by atoms with Crippen LogP contribution in [0, 0.1) is 11.3 Å². The number of aryl methyl sites for hydroxylation is 1. The fourth-order valence-corrected chi connectivity index (χ4v) is 4.44. The Kier molecular flexibility index (Phi) is 5.01. The molecule has 2 nitrogen and oxygen atoms in total. The van der Waals surface area contributed by atoms with Gasteiger partial charge in [0.15, 0.2) is 5.17 Å². The summed E-state index contributed by atoms with van der Waals surface area (Å²) in [6.45, 7) is 0. The van der Waals surface area contributed by atoms with E-state index in [0.717, 1.165) is 12.2 Å². The predicted octanol–water partition coefficient (Wildman–Crippen LogP) is 4.56. The lowest BCUT2D eigenvalue weighted by atomic mass is 9.80. The molecule has 0 bridgehead atoms. The van der Waals surface area contributed by atoms with Crippen LogP contribution in [0.2, 0.25) is 0 Å². The molecule has 1 aromatic carbocycles. The van der Waals surface area contributed by atoms with Gasteiger partial charge in [-0.3, -0.25) is 5.41 Å². The summed E-state index contributed by atoms with van der Waals surface area (Å²) < 4.78 is 0. The summed E-state index contributed by atoms with van der Waals surface area (Å²) in [7, 11) is 0. The molecule has 114 valence electrons. The van der Waals surface area contributed by atoms with Crippen molar-refractivity contribution < 1.29 is 0 Å². The maximum atomic E-state index is 7.37. The van der Waals surface area contributed by atoms with Gasteiger partial charge in [-0.15, -0.1) is 11.3 Å². The molecule has 0 saturated heterocycles. The first-order valence-corrected chi connectivity index (χ1v) is 9.38. The van der Waals surface area contributed by atoms with E-state index < -0.39 is 0 Å². The summed E-state index contributed by atoms with van der Waals surface area (Å²) in [6, 6.07) is 13.0. The van der Waals surface area contributed by atoms with Crippen LogP contribution in [-0.4, -0.2) is 10.9 Å². The van der Waals surface area contributed by atoms with Gasteiger partial charge in [0, 0.05) is 10.6 Å². The van der Waals surface area contributed by atoms with E-state index in [9.17, 15) is 0 Å². The lowest BCUT2D eigenvalue weighted by molar-refractivity contribution is 0.591. The molecule has 3 rings (SSSR count). The third-order valence-electron chi connectivity index (χ3n) is 4.08. The number of thioether (sulfide) groups is 1. The van der Waals surface area contributed by atoms with Gasteiger partial charge in [-0.2, -0.15) is 0 Å². The van der Waals surface area contributed by atoms with Crippen molar-refractivity contribution in [3.05, 3.63) is 63.9 Å². The number of benzene rings is 1. The van der Waals surface area contributed by atoms with E-state index in [2.05, 4.69) is 47.9 Å². The largest absolute Gasteiger partial charge is 0.379 e. The summed E-state index contributed by atoms with van der Waals surface area (Å²) in [4.78, 5) is 1.50. The zero-order chi connectivity index (χ0) is 15.4. The topological polar surface area (TPSA) is 49.9 Å². The van der Waals surface area contributed by atoms with Crippen LogP contribution < -0.4 is 5.73 Å². The van der Waals surface area contributed by atoms with Gasteiger partial charge in [-0.05, 0) is 53.3 Å². The van der Waals surface area contributed by atoms with E-state index in [-0.39, 0.29) is 5.17 Å². The second kappa shape index (κ2) is 7.16. The fraction of sp³-hybridized carbons (Fsp3) is 0.278. The Morgan fingerprint density at radius 3 is 2.91 bits per heavy atom. The summed E-state index contributed by atoms with van der Waals surface area (Å²) >= 11 is 3.26. The Hall–Kier alpha value is -1.52. The van der Waals surface area contributed by atoms with Crippen LogP contribution in [0.1, 0.15) is 22.4 Å². The van der Waals surface area contributed by atoms with Crippen LogP contribution in [-0.2, 0) is 12.8 Å². The average molecular weight is 329 g/mol. The maximum Gasteiger partial charge on any atom is 0.151 e. The summed E-state index contributed by atoms with van der Waals surface area (Å²) in [6.07, 6.45) is 5.76. The molecule has 0 fully saturated rings. The quantitative estimate of drug-likeness (QED) is 0.638. The van der Waals surface area contributed by atoms with Gasteiger partial charge in [-0.25, -0.2) is 0 Å². The van der Waals surface area contributed by atoms with E-state index in [1.165, 1.54) is 46.2 Å². The lowest BCUT2D eigenvalue weighted by Crippen LogP contribution is -2.14. The van der Waals surface area contributed by atoms with E-state index in [1.54, 1.807) is 0 Å². The lowest BCUT2D eigenvalue weighted by Gasteiger charge is -2.26. The van der Waals surface area contributed by atoms with Crippen molar-refractivity contribution in [3.8, 4) is 0 Å². The zero-order valence-corrected chi connectivity index (χ0v) is 14.1. The molecule has 0 saturated carbocycles. The van der Waals surface area contributed by atoms with Crippen LogP contribution in [0.4, 0.5) is 0 Å². The van der Waals surface area contributed by atoms with Crippen molar-refractivity contribution in [1.29, 1.82) is 5.41 Å². The van der Waals surface area contributed by atoms with Gasteiger partial charge >= 0.3 is 0 Å². The minimum atomic E-state index is 0.192. The SMILES string of the molecule is N=C(N)SCC=C1c2ccsc2CCC1Cc1ccccc1. The molecule has 1 aliphatic rings. The number of fused-ring (bicyclic) bond motifs is 1. The average Bonchev–Trinajstić information content (AvgIpc) is 2.98. The fourth-order valence-electron chi connectivity index (χ4n) is 3.08. The highest BCUT2D eigenvalue weighted by Crippen LogP contribution is 2.40. The first-order valence-electron chi connectivity index (χ1n) is 7.51. The minimum Gasteiger partial charge on any atom is -0.379 e. The Labute approximate surface area is 140 Å². The number of hydrogen-bond donors (Lipinski definition) is 2. The van der Waals surface area contributed by atoms with E-state index in [1.807, 2.05) is 11.3 Å². The molecule has 1 aliphatic carbocycles. The maximum absolute atomic E-state index is 7.37. The second-order valence-corrected chi connectivity index (χ2v) is 7.58. The third kappa shape index (κ3) is 3.62. The predicted molar refractivity (Wildman–Crippen MR) is 98.6 cm³/mol. The highest BCUT2D eigenvalue weighted by Gasteiger charge is 2.24. The van der Waals surface area contributed by atoms with Crippen molar-refractivity contribution in [2.75, 3.05) is 5.75 Å². The highest BCUT2D eigenvalue weighted by atomic mass is 32.2. The molecule has 1 heterocycles. The van der Waals surface area contributed by atoms with Gasteiger partial charge in [-0.1, -0.05) is 48.2 Å². The monoisotopic (exact) mass is 328 g/mol. The summed E-state index contributed by atoms with van der Waals surface area (Å²) in [5.74, 6) is 1.35. The molecule has 1 aromatic heterocycles. The van der Waals surface area contributed by atoms with Crippen molar-refractivity contribution in [2.24, 2.45) is 11.7 Å². The van der Waals surface area contributed by atoms with Crippen LogP contribution in [0.5, 0.6) is 0 Å². The second-order valence-electron chi connectivity index (χ2n) is 5.52. The standard InChI is InChI=1S/C18H20N2S2/c19-18(20)22-11-8-15-14(12-13-4-2-1-3-5-13)6-7-17-16(15)9-10-21-17/h1-5,8-10,14H,6-7,11-12H2,(H3,19,20).